The first-order valence-corrected chi connectivity index (χ1v) is 14.9. The molecule has 14 nitrogen and oxygen atoms in total. The Hall–Kier alpha value is -5.57. The van der Waals surface area contributed by atoms with E-state index in [0.29, 0.717) is 28.0 Å². The Bertz CT molecular complexity index is 1760. The lowest BCUT2D eigenvalue weighted by molar-refractivity contribution is -0.385. The Morgan fingerprint density at radius 2 is 1.43 bits per heavy atom. The second kappa shape index (κ2) is 13.6. The van der Waals surface area contributed by atoms with Crippen LogP contribution in [-0.4, -0.2) is 55.7 Å². The van der Waals surface area contributed by atoms with Crippen LogP contribution in [0.3, 0.4) is 0 Å². The third kappa shape index (κ3) is 7.04. The second-order valence-electron chi connectivity index (χ2n) is 10.5. The summed E-state index contributed by atoms with van der Waals surface area (Å²) in [4.78, 5) is 73.5. The van der Waals surface area contributed by atoms with Gasteiger partial charge in [-0.25, -0.2) is 9.59 Å². The standard InChI is InChI=1S/C31H26N4O10S/c1-18-17-46-29-26(28(37)33(29)27(18)31(39)45-16-20-7-11-24(12-8-20)35(42)43)32-25(36)14-21-3-2-4-22(13-21)30(38)44-15-19-5-9-23(10-6-19)34(40)41/h2-13,26,29H,14-17H2,1H3,(H,32,36)/t26-,29+/m1/s1. The number of β-lactam (4-membered cyclic amide) rings is 1. The molecule has 0 bridgehead atoms. The minimum Gasteiger partial charge on any atom is -0.457 e. The first kappa shape index (κ1) is 31.8. The molecule has 3 aromatic carbocycles. The van der Waals surface area contributed by atoms with Crippen molar-refractivity contribution >= 4 is 46.9 Å². The smallest absolute Gasteiger partial charge is 0.355 e. The van der Waals surface area contributed by atoms with Crippen molar-refractivity contribution in [3.63, 3.8) is 0 Å². The normalized spacial score (nSPS) is 17.0. The summed E-state index contributed by atoms with van der Waals surface area (Å²) in [6, 6.07) is 16.6. The van der Waals surface area contributed by atoms with Crippen molar-refractivity contribution < 1.29 is 38.5 Å². The number of benzene rings is 3. The maximum absolute atomic E-state index is 13.1. The van der Waals surface area contributed by atoms with Crippen LogP contribution in [0.2, 0.25) is 0 Å². The average molecular weight is 647 g/mol. The molecule has 46 heavy (non-hydrogen) atoms. The minimum absolute atomic E-state index is 0.0780. The van der Waals surface area contributed by atoms with Crippen LogP contribution in [0.25, 0.3) is 0 Å². The number of hydrogen-bond donors (Lipinski definition) is 1. The lowest BCUT2D eigenvalue weighted by atomic mass is 10.0. The Labute approximate surface area is 265 Å². The van der Waals surface area contributed by atoms with Crippen LogP contribution in [0.1, 0.15) is 34.0 Å². The lowest BCUT2D eigenvalue weighted by Gasteiger charge is -2.49. The highest BCUT2D eigenvalue weighted by atomic mass is 32.2. The van der Waals surface area contributed by atoms with Gasteiger partial charge in [0.1, 0.15) is 30.3 Å². The molecule has 15 heteroatoms. The monoisotopic (exact) mass is 646 g/mol. The summed E-state index contributed by atoms with van der Waals surface area (Å²) in [6.07, 6.45) is -0.121. The number of non-ortho nitro benzene ring substituents is 2. The molecule has 5 rings (SSSR count). The summed E-state index contributed by atoms with van der Waals surface area (Å²) in [5.41, 5.74) is 2.41. The molecule has 3 aromatic rings. The van der Waals surface area contributed by atoms with Crippen LogP contribution >= 0.6 is 11.8 Å². The number of nitro benzene ring substituents is 2. The number of amides is 2. The number of fused-ring (bicyclic) bond motifs is 1. The fourth-order valence-corrected chi connectivity index (χ4v) is 6.15. The van der Waals surface area contributed by atoms with Crippen LogP contribution in [0, 0.1) is 20.2 Å². The van der Waals surface area contributed by atoms with E-state index in [1.54, 1.807) is 19.1 Å². The van der Waals surface area contributed by atoms with Crippen molar-refractivity contribution in [3.8, 4) is 0 Å². The van der Waals surface area contributed by atoms with Crippen molar-refractivity contribution in [1.82, 2.24) is 10.2 Å². The van der Waals surface area contributed by atoms with Crippen molar-refractivity contribution in [2.24, 2.45) is 0 Å². The van der Waals surface area contributed by atoms with Crippen molar-refractivity contribution in [2.75, 3.05) is 5.75 Å². The Morgan fingerprint density at radius 3 is 2.00 bits per heavy atom. The van der Waals surface area contributed by atoms with Crippen LogP contribution < -0.4 is 5.32 Å². The Morgan fingerprint density at radius 1 is 0.870 bits per heavy atom. The number of nitrogens with one attached hydrogen (secondary N) is 1. The van der Waals surface area contributed by atoms with Gasteiger partial charge >= 0.3 is 11.9 Å². The molecule has 0 aromatic heterocycles. The summed E-state index contributed by atoms with van der Waals surface area (Å²) < 4.78 is 10.7. The van der Waals surface area contributed by atoms with Gasteiger partial charge in [-0.1, -0.05) is 12.1 Å². The fourth-order valence-electron chi connectivity index (χ4n) is 4.86. The second-order valence-corrected chi connectivity index (χ2v) is 11.6. The van der Waals surface area contributed by atoms with Gasteiger partial charge in [0.05, 0.1) is 21.8 Å². The number of esters is 2. The number of nitro groups is 2. The molecular formula is C31H26N4O10S. The average Bonchev–Trinajstić information content (AvgIpc) is 3.05. The van der Waals surface area contributed by atoms with Crippen LogP contribution in [0.15, 0.2) is 84.1 Å². The third-order valence-electron chi connectivity index (χ3n) is 7.23. The highest BCUT2D eigenvalue weighted by Gasteiger charge is 2.54. The van der Waals surface area contributed by atoms with E-state index < -0.39 is 45.0 Å². The minimum atomic E-state index is -0.863. The highest BCUT2D eigenvalue weighted by Crippen LogP contribution is 2.40. The fraction of sp³-hybridized carbons (Fsp3) is 0.226. The summed E-state index contributed by atoms with van der Waals surface area (Å²) in [6.45, 7) is 1.48. The largest absolute Gasteiger partial charge is 0.457 e. The first-order valence-electron chi connectivity index (χ1n) is 13.9. The van der Waals surface area contributed by atoms with E-state index in [0.717, 1.165) is 0 Å². The third-order valence-corrected chi connectivity index (χ3v) is 8.65. The van der Waals surface area contributed by atoms with Gasteiger partial charge in [0.25, 0.3) is 17.3 Å². The maximum Gasteiger partial charge on any atom is 0.355 e. The van der Waals surface area contributed by atoms with E-state index in [9.17, 15) is 39.4 Å². The summed E-state index contributed by atoms with van der Waals surface area (Å²) in [5.74, 6) is -1.83. The van der Waals surface area contributed by atoms with Crippen molar-refractivity contribution in [2.45, 2.75) is 38.0 Å². The number of carbonyl (C=O) groups excluding carboxylic acids is 4. The molecule has 2 atom stereocenters. The summed E-state index contributed by atoms with van der Waals surface area (Å²) in [7, 11) is 0. The van der Waals surface area contributed by atoms with Gasteiger partial charge < -0.3 is 14.8 Å². The molecule has 236 valence electrons. The quantitative estimate of drug-likeness (QED) is 0.138. The molecule has 1 saturated heterocycles. The number of carbonyl (C=O) groups is 4. The molecule has 1 fully saturated rings. The molecule has 0 saturated carbocycles. The van der Waals surface area contributed by atoms with Gasteiger partial charge in [0.15, 0.2) is 0 Å². The predicted octanol–water partition coefficient (Wildman–Crippen LogP) is 3.82. The molecular weight excluding hydrogens is 620 g/mol. The molecule has 0 aliphatic carbocycles. The number of thioether (sulfide) groups is 1. The van der Waals surface area contributed by atoms with Crippen LogP contribution in [-0.2, 0) is 43.5 Å². The van der Waals surface area contributed by atoms with Gasteiger partial charge in [-0.15, -0.1) is 11.8 Å². The molecule has 1 N–H and O–H groups in total. The van der Waals surface area contributed by atoms with E-state index in [1.807, 2.05) is 0 Å². The van der Waals surface area contributed by atoms with Gasteiger partial charge in [0.2, 0.25) is 5.91 Å². The number of ether oxygens (including phenoxy) is 2. The highest BCUT2D eigenvalue weighted by molar-refractivity contribution is 8.00. The zero-order valence-corrected chi connectivity index (χ0v) is 25.1. The van der Waals surface area contributed by atoms with E-state index >= 15 is 0 Å². The molecule has 0 radical (unpaired) electrons. The molecule has 2 heterocycles. The first-order chi connectivity index (χ1) is 22.0. The zero-order valence-electron chi connectivity index (χ0n) is 24.2. The predicted molar refractivity (Wildman–Crippen MR) is 163 cm³/mol. The number of nitrogens with zero attached hydrogens (tertiary/aromatic N) is 3. The van der Waals surface area contributed by atoms with E-state index in [1.165, 1.54) is 77.3 Å². The van der Waals surface area contributed by atoms with Gasteiger partial charge in [-0.05, 0) is 65.6 Å². The summed E-state index contributed by atoms with van der Waals surface area (Å²) in [5, 5.41) is 23.9. The van der Waals surface area contributed by atoms with Gasteiger partial charge in [0, 0.05) is 30.0 Å². The Kier molecular flexibility index (Phi) is 9.42. The molecule has 0 unspecified atom stereocenters. The van der Waals surface area contributed by atoms with E-state index in [4.69, 9.17) is 9.47 Å². The molecule has 2 aliphatic rings. The van der Waals surface area contributed by atoms with Crippen LogP contribution in [0.4, 0.5) is 11.4 Å². The molecule has 2 aliphatic heterocycles. The van der Waals surface area contributed by atoms with Gasteiger partial charge in [-0.3, -0.25) is 34.7 Å². The summed E-state index contributed by atoms with van der Waals surface area (Å²) >= 11 is 1.40. The Balaban J connectivity index is 1.14. The topological polar surface area (TPSA) is 188 Å². The van der Waals surface area contributed by atoms with Crippen LogP contribution in [0.5, 0.6) is 0 Å². The van der Waals surface area contributed by atoms with E-state index in [2.05, 4.69) is 5.32 Å². The zero-order chi connectivity index (χ0) is 33.0. The maximum atomic E-state index is 13.1. The van der Waals surface area contributed by atoms with Crippen molar-refractivity contribution in [1.29, 1.82) is 0 Å². The molecule has 0 spiro atoms. The lowest BCUT2D eigenvalue weighted by Crippen LogP contribution is -2.70. The SMILES string of the molecule is CC1=C(C(=O)OCc2ccc([N+](=O)[O-])cc2)N2C(=O)[C@@H](NC(=O)Cc3cccc(C(=O)OCc4ccc([N+](=O)[O-])cc4)c3)[C@@H]2SC1. The van der Waals surface area contributed by atoms with E-state index in [-0.39, 0.29) is 42.3 Å². The van der Waals surface area contributed by atoms with Gasteiger partial charge in [-0.2, -0.15) is 0 Å². The number of hydrogen-bond acceptors (Lipinski definition) is 11. The number of rotatable bonds is 11. The van der Waals surface area contributed by atoms with Crippen molar-refractivity contribution in [3.05, 3.63) is 127 Å². The molecule has 2 amide bonds.